The number of aromatic nitrogens is 2. The van der Waals surface area contributed by atoms with E-state index in [-0.39, 0.29) is 42.2 Å². The van der Waals surface area contributed by atoms with Crippen LogP contribution in [0.3, 0.4) is 0 Å². The summed E-state index contributed by atoms with van der Waals surface area (Å²) >= 11 is 0. The highest BCUT2D eigenvalue weighted by atomic mass is 28.4. The summed E-state index contributed by atoms with van der Waals surface area (Å²) in [6.07, 6.45) is 2.36. The third-order valence-corrected chi connectivity index (χ3v) is 15.0. The second-order valence-corrected chi connectivity index (χ2v) is 20.9. The van der Waals surface area contributed by atoms with Gasteiger partial charge < -0.3 is 28.3 Å². The summed E-state index contributed by atoms with van der Waals surface area (Å²) in [5.41, 5.74) is 5.95. The molecule has 0 aliphatic rings. The molecule has 5 aromatic rings. The number of carbonyl (C=O) groups excluding carboxylic acids is 3. The van der Waals surface area contributed by atoms with Crippen LogP contribution in [0.4, 0.5) is 4.39 Å². The number of halogens is 1. The number of ketones is 1. The first-order valence-electron chi connectivity index (χ1n) is 19.4. The minimum absolute atomic E-state index is 0.0539. The highest BCUT2D eigenvalue weighted by Gasteiger charge is 2.40. The molecular weight excluding hydrogens is 754 g/mol. The molecule has 5 rings (SSSR count). The molecule has 0 saturated carbocycles. The summed E-state index contributed by atoms with van der Waals surface area (Å²) in [5, 5.41) is 7.14. The number of allylic oxidation sites excluding steroid dienone is 1. The molecule has 0 aliphatic carbocycles. The molecule has 0 saturated heterocycles. The molecular formula is C46H54FN3O7Si. The topological polar surface area (TPSA) is 122 Å². The van der Waals surface area contributed by atoms with Crippen molar-refractivity contribution in [2.75, 3.05) is 14.2 Å². The van der Waals surface area contributed by atoms with Gasteiger partial charge in [-0.2, -0.15) is 0 Å². The van der Waals surface area contributed by atoms with Gasteiger partial charge in [0.1, 0.15) is 17.2 Å². The minimum atomic E-state index is -2.37. The molecule has 306 valence electrons. The molecule has 0 aliphatic heterocycles. The Morgan fingerprint density at radius 3 is 2.21 bits per heavy atom. The van der Waals surface area contributed by atoms with Gasteiger partial charge in [0, 0.05) is 42.3 Å². The zero-order valence-corrected chi connectivity index (χ0v) is 35.9. The first-order valence-corrected chi connectivity index (χ1v) is 22.3. The number of ether oxygens (including phenoxy) is 2. The molecule has 12 heteroatoms. The molecule has 1 amide bonds. The van der Waals surface area contributed by atoms with Crippen LogP contribution in [-0.2, 0) is 36.6 Å². The standard InChI is InChI=1S/C46H54FN3O7Si/c1-30(2)50-39(23-22-37(51)26-38(27-41(52)55-7)57-58(8,9)46(3,4)5)42(33-18-20-35(47)21-19-33)43(32-15-11-10-12-16-32)44(50)45(53)48-28-36-25-40(56-49-36)34-17-13-14-31(24-34)29-54-6/h10-25,30,38H,26-29H2,1-9H3,(H,48,53)/t38-/m1/s1. The Kier molecular flexibility index (Phi) is 14.2. The number of rotatable bonds is 17. The Morgan fingerprint density at radius 1 is 0.897 bits per heavy atom. The molecule has 2 aromatic heterocycles. The van der Waals surface area contributed by atoms with Gasteiger partial charge in [0.25, 0.3) is 5.91 Å². The second-order valence-electron chi connectivity index (χ2n) is 16.1. The van der Waals surface area contributed by atoms with Gasteiger partial charge in [-0.15, -0.1) is 0 Å². The number of amides is 1. The molecule has 0 radical (unpaired) electrons. The highest BCUT2D eigenvalue weighted by molar-refractivity contribution is 6.74. The van der Waals surface area contributed by atoms with E-state index in [0.29, 0.717) is 46.1 Å². The summed E-state index contributed by atoms with van der Waals surface area (Å²) in [6.45, 7) is 14.9. The highest BCUT2D eigenvalue weighted by Crippen LogP contribution is 2.43. The van der Waals surface area contributed by atoms with E-state index in [1.54, 1.807) is 31.4 Å². The Labute approximate surface area is 341 Å². The lowest BCUT2D eigenvalue weighted by atomic mass is 9.94. The van der Waals surface area contributed by atoms with Crippen molar-refractivity contribution in [3.63, 3.8) is 0 Å². The van der Waals surface area contributed by atoms with E-state index < -0.39 is 26.2 Å². The number of methoxy groups -OCH3 is 2. The number of esters is 1. The first-order chi connectivity index (χ1) is 27.5. The maximum absolute atomic E-state index is 14.6. The third kappa shape index (κ3) is 10.5. The van der Waals surface area contributed by atoms with Crippen LogP contribution in [-0.4, -0.2) is 56.0 Å². The smallest absolute Gasteiger partial charge is 0.308 e. The van der Waals surface area contributed by atoms with Crippen molar-refractivity contribution < 1.29 is 37.2 Å². The van der Waals surface area contributed by atoms with Gasteiger partial charge in [-0.3, -0.25) is 14.4 Å². The van der Waals surface area contributed by atoms with Gasteiger partial charge in [-0.1, -0.05) is 86.6 Å². The predicted octanol–water partition coefficient (Wildman–Crippen LogP) is 10.2. The average molecular weight is 808 g/mol. The third-order valence-electron chi connectivity index (χ3n) is 10.4. The van der Waals surface area contributed by atoms with Crippen LogP contribution in [0, 0.1) is 5.82 Å². The number of nitrogens with zero attached hydrogens (tertiary/aromatic N) is 2. The Balaban J connectivity index is 1.57. The van der Waals surface area contributed by atoms with Crippen molar-refractivity contribution in [1.82, 2.24) is 15.0 Å². The predicted molar refractivity (Wildman–Crippen MR) is 227 cm³/mol. The lowest BCUT2D eigenvalue weighted by molar-refractivity contribution is -0.142. The van der Waals surface area contributed by atoms with Gasteiger partial charge in [-0.25, -0.2) is 4.39 Å². The van der Waals surface area contributed by atoms with E-state index in [9.17, 15) is 18.8 Å². The van der Waals surface area contributed by atoms with Crippen molar-refractivity contribution in [3.05, 3.63) is 119 Å². The summed E-state index contributed by atoms with van der Waals surface area (Å²) in [7, 11) is 0.583. The Hall–Kier alpha value is -5.43. The van der Waals surface area contributed by atoms with Crippen molar-refractivity contribution in [3.8, 4) is 33.6 Å². The molecule has 10 nitrogen and oxygen atoms in total. The molecule has 58 heavy (non-hydrogen) atoms. The SMILES string of the molecule is COCc1cccc(-c2cc(CNC(=O)c3c(-c4ccccc4)c(-c4ccc(F)cc4)c(C=CC(=O)C[C@H](CC(=O)OC)O[Si](C)(C)C(C)(C)C)n3C(C)C)no2)c1. The number of hydrogen-bond acceptors (Lipinski definition) is 8. The molecule has 1 atom stereocenters. The maximum atomic E-state index is 14.6. The zero-order valence-electron chi connectivity index (χ0n) is 34.9. The monoisotopic (exact) mass is 807 g/mol. The van der Waals surface area contributed by atoms with Gasteiger partial charge in [0.15, 0.2) is 19.9 Å². The van der Waals surface area contributed by atoms with Crippen LogP contribution < -0.4 is 5.32 Å². The van der Waals surface area contributed by atoms with Crippen LogP contribution in [0.5, 0.6) is 0 Å². The molecule has 3 aromatic carbocycles. The first kappa shape index (κ1) is 43.7. The van der Waals surface area contributed by atoms with E-state index >= 15 is 0 Å². The second kappa shape index (κ2) is 18.9. The van der Waals surface area contributed by atoms with E-state index in [1.807, 2.05) is 73.0 Å². The number of hydrogen-bond donors (Lipinski definition) is 1. The lowest BCUT2D eigenvalue weighted by Gasteiger charge is -2.39. The zero-order chi connectivity index (χ0) is 42.2. The fourth-order valence-electron chi connectivity index (χ4n) is 6.57. The molecule has 0 spiro atoms. The quantitative estimate of drug-likeness (QED) is 0.0560. The summed E-state index contributed by atoms with van der Waals surface area (Å²) < 4.78 is 38.7. The van der Waals surface area contributed by atoms with Crippen molar-refractivity contribution in [2.24, 2.45) is 0 Å². The van der Waals surface area contributed by atoms with E-state index in [1.165, 1.54) is 25.3 Å². The van der Waals surface area contributed by atoms with Crippen LogP contribution in [0.2, 0.25) is 18.1 Å². The summed E-state index contributed by atoms with van der Waals surface area (Å²) in [5.74, 6) is -0.967. The maximum Gasteiger partial charge on any atom is 0.308 e. The van der Waals surface area contributed by atoms with Gasteiger partial charge in [-0.05, 0) is 79.0 Å². The number of carbonyl (C=O) groups is 3. The fourth-order valence-corrected chi connectivity index (χ4v) is 7.93. The van der Waals surface area contributed by atoms with E-state index in [0.717, 1.165) is 16.7 Å². The summed E-state index contributed by atoms with van der Waals surface area (Å²) in [6, 6.07) is 24.9. The Bertz CT molecular complexity index is 2240. The van der Waals surface area contributed by atoms with Crippen molar-refractivity contribution >= 4 is 32.1 Å². The average Bonchev–Trinajstić information content (AvgIpc) is 3.80. The molecule has 2 heterocycles. The van der Waals surface area contributed by atoms with Crippen LogP contribution in [0.15, 0.2) is 95.5 Å². The Morgan fingerprint density at radius 2 is 1.57 bits per heavy atom. The number of nitrogens with one attached hydrogen (secondary N) is 1. The summed E-state index contributed by atoms with van der Waals surface area (Å²) in [4.78, 5) is 40.9. The largest absolute Gasteiger partial charge is 0.469 e. The van der Waals surface area contributed by atoms with Crippen molar-refractivity contribution in [1.29, 1.82) is 0 Å². The lowest BCUT2D eigenvalue weighted by Crippen LogP contribution is -2.44. The van der Waals surface area contributed by atoms with Crippen LogP contribution >= 0.6 is 0 Å². The molecule has 0 fully saturated rings. The van der Waals surface area contributed by atoms with E-state index in [2.05, 4.69) is 44.3 Å². The normalized spacial score (nSPS) is 12.6. The van der Waals surface area contributed by atoms with Crippen LogP contribution in [0.1, 0.15) is 80.9 Å². The van der Waals surface area contributed by atoms with Gasteiger partial charge >= 0.3 is 5.97 Å². The van der Waals surface area contributed by atoms with Gasteiger partial charge in [0.05, 0.1) is 38.5 Å². The van der Waals surface area contributed by atoms with Gasteiger partial charge in [0.2, 0.25) is 0 Å². The van der Waals surface area contributed by atoms with Crippen LogP contribution in [0.25, 0.3) is 39.7 Å². The minimum Gasteiger partial charge on any atom is -0.469 e. The van der Waals surface area contributed by atoms with Crippen molar-refractivity contribution in [2.45, 2.75) is 90.9 Å². The van der Waals surface area contributed by atoms with E-state index in [4.69, 9.17) is 18.4 Å². The molecule has 0 bridgehead atoms. The fraction of sp³-hybridized carbons (Fsp3) is 0.348. The molecule has 0 unspecified atom stereocenters. The number of benzene rings is 3. The molecule has 1 N–H and O–H groups in total.